The Morgan fingerprint density at radius 3 is 2.65 bits per heavy atom. The van der Waals surface area contributed by atoms with Crippen LogP contribution in [0.5, 0.6) is 0 Å². The molecule has 0 spiro atoms. The average Bonchev–Trinajstić information content (AvgIpc) is 2.68. The number of benzene rings is 1. The zero-order valence-corrected chi connectivity index (χ0v) is 8.91. The van der Waals surface area contributed by atoms with E-state index in [2.05, 4.69) is 4.99 Å². The molecule has 1 saturated heterocycles. The maximum atomic E-state index is 12.7. The monoisotopic (exact) mass is 241 g/mol. The van der Waals surface area contributed by atoms with Crippen LogP contribution < -0.4 is 0 Å². The highest BCUT2D eigenvalue weighted by Crippen LogP contribution is 2.33. The number of aliphatic imine (C=N–C) groups is 1. The molecular weight excluding hydrogens is 231 g/mol. The maximum Gasteiger partial charge on any atom is 0.487 e. The van der Waals surface area contributed by atoms with Crippen molar-refractivity contribution in [3.05, 3.63) is 29.8 Å². The molecule has 0 atom stereocenters. The topological polar surface area (TPSA) is 18.8 Å². The highest BCUT2D eigenvalue weighted by molar-refractivity contribution is 5.87. The summed E-state index contributed by atoms with van der Waals surface area (Å²) in [5, 5.41) is 0. The van der Waals surface area contributed by atoms with Crippen LogP contribution in [0.15, 0.2) is 29.3 Å². The van der Waals surface area contributed by atoms with Crippen molar-refractivity contribution in [2.24, 2.45) is 4.99 Å². The predicted octanol–water partition coefficient (Wildman–Crippen LogP) is 2.33. The van der Waals surface area contributed by atoms with Gasteiger partial charge in [0.15, 0.2) is 0 Å². The van der Waals surface area contributed by atoms with Gasteiger partial charge in [-0.15, -0.1) is 13.2 Å². The molecule has 0 unspecified atom stereocenters. The lowest BCUT2D eigenvalue weighted by Crippen LogP contribution is -2.43. The summed E-state index contributed by atoms with van der Waals surface area (Å²) in [5.41, 5.74) is 1.61. The van der Waals surface area contributed by atoms with Crippen molar-refractivity contribution < 1.29 is 13.2 Å². The van der Waals surface area contributed by atoms with E-state index in [1.165, 1.54) is 0 Å². The van der Waals surface area contributed by atoms with E-state index in [0.29, 0.717) is 23.7 Å². The number of para-hydroxylation sites is 1. The molecule has 0 amide bonds. The van der Waals surface area contributed by atoms with Gasteiger partial charge in [-0.05, 0) is 11.6 Å². The standard InChI is InChI=1S/C11H10F3N3/c12-11(13,14)17-6-5-16-7-8-3-1-2-4-9(8)15-10(16)17/h1-4H,5-7H2. The largest absolute Gasteiger partial charge is 0.487 e. The minimum Gasteiger partial charge on any atom is -0.336 e. The number of hydrogen-bond donors (Lipinski definition) is 0. The minimum absolute atomic E-state index is 0.0243. The van der Waals surface area contributed by atoms with E-state index in [1.54, 1.807) is 17.0 Å². The fourth-order valence-corrected chi connectivity index (χ4v) is 2.18. The molecule has 0 aliphatic carbocycles. The lowest BCUT2D eigenvalue weighted by Gasteiger charge is -2.28. The van der Waals surface area contributed by atoms with E-state index >= 15 is 0 Å². The van der Waals surface area contributed by atoms with Gasteiger partial charge in [-0.25, -0.2) is 4.99 Å². The first-order valence-electron chi connectivity index (χ1n) is 5.31. The third-order valence-corrected chi connectivity index (χ3v) is 3.00. The van der Waals surface area contributed by atoms with Gasteiger partial charge in [0.2, 0.25) is 5.96 Å². The number of halogens is 3. The second-order valence-corrected chi connectivity index (χ2v) is 4.08. The molecule has 3 nitrogen and oxygen atoms in total. The SMILES string of the molecule is FC(F)(F)N1CCN2Cc3ccccc3N=C21. The molecule has 2 heterocycles. The highest BCUT2D eigenvalue weighted by Gasteiger charge is 2.45. The van der Waals surface area contributed by atoms with E-state index in [0.717, 1.165) is 5.56 Å². The van der Waals surface area contributed by atoms with Crippen LogP contribution in [0.1, 0.15) is 5.56 Å². The first kappa shape index (κ1) is 10.4. The van der Waals surface area contributed by atoms with Gasteiger partial charge in [-0.1, -0.05) is 18.2 Å². The third kappa shape index (κ3) is 1.64. The van der Waals surface area contributed by atoms with Crippen LogP contribution >= 0.6 is 0 Å². The Morgan fingerprint density at radius 1 is 1.12 bits per heavy atom. The number of hydrogen-bond acceptors (Lipinski definition) is 3. The molecule has 17 heavy (non-hydrogen) atoms. The molecular formula is C11H10F3N3. The zero-order valence-electron chi connectivity index (χ0n) is 8.91. The first-order chi connectivity index (χ1) is 8.05. The fraction of sp³-hybridized carbons (Fsp3) is 0.364. The van der Waals surface area contributed by atoms with Gasteiger partial charge in [0, 0.05) is 19.6 Å². The second-order valence-electron chi connectivity index (χ2n) is 4.08. The summed E-state index contributed by atoms with van der Waals surface area (Å²) in [4.78, 5) is 6.17. The van der Waals surface area contributed by atoms with Gasteiger partial charge in [0.05, 0.1) is 5.69 Å². The Kier molecular flexibility index (Phi) is 2.08. The average molecular weight is 241 g/mol. The molecule has 2 aliphatic rings. The van der Waals surface area contributed by atoms with Crippen molar-refractivity contribution in [2.75, 3.05) is 13.1 Å². The summed E-state index contributed by atoms with van der Waals surface area (Å²) >= 11 is 0. The summed E-state index contributed by atoms with van der Waals surface area (Å²) in [6.07, 6.45) is -4.35. The molecule has 2 aliphatic heterocycles. The summed E-state index contributed by atoms with van der Waals surface area (Å²) in [6.45, 7) is 0.824. The summed E-state index contributed by atoms with van der Waals surface area (Å²) < 4.78 is 38.2. The maximum absolute atomic E-state index is 12.7. The van der Waals surface area contributed by atoms with Crippen molar-refractivity contribution in [2.45, 2.75) is 12.8 Å². The van der Waals surface area contributed by atoms with E-state index in [4.69, 9.17) is 0 Å². The van der Waals surface area contributed by atoms with Gasteiger partial charge < -0.3 is 4.90 Å². The van der Waals surface area contributed by atoms with Crippen LogP contribution in [0.25, 0.3) is 0 Å². The summed E-state index contributed by atoms with van der Waals surface area (Å²) in [6, 6.07) is 7.29. The van der Waals surface area contributed by atoms with Crippen molar-refractivity contribution in [3.8, 4) is 0 Å². The molecule has 90 valence electrons. The Morgan fingerprint density at radius 2 is 1.88 bits per heavy atom. The first-order valence-corrected chi connectivity index (χ1v) is 5.31. The summed E-state index contributed by atoms with van der Waals surface area (Å²) in [5.74, 6) is 0.0243. The van der Waals surface area contributed by atoms with E-state index in [9.17, 15) is 13.2 Å². The van der Waals surface area contributed by atoms with Gasteiger partial charge in [0.1, 0.15) is 0 Å². The van der Waals surface area contributed by atoms with E-state index in [1.807, 2.05) is 12.1 Å². The van der Waals surface area contributed by atoms with Crippen molar-refractivity contribution in [1.82, 2.24) is 9.80 Å². The van der Waals surface area contributed by atoms with E-state index in [-0.39, 0.29) is 12.5 Å². The number of rotatable bonds is 0. The number of guanidine groups is 1. The van der Waals surface area contributed by atoms with Crippen molar-refractivity contribution >= 4 is 11.6 Å². The molecule has 6 heteroatoms. The van der Waals surface area contributed by atoms with Gasteiger partial charge in [0.25, 0.3) is 0 Å². The van der Waals surface area contributed by atoms with Gasteiger partial charge in [-0.3, -0.25) is 4.90 Å². The van der Waals surface area contributed by atoms with Crippen LogP contribution in [0, 0.1) is 0 Å². The van der Waals surface area contributed by atoms with Crippen LogP contribution in [0.4, 0.5) is 18.9 Å². The Labute approximate surface area is 96.2 Å². The summed E-state index contributed by atoms with van der Waals surface area (Å²) in [7, 11) is 0. The molecule has 0 aromatic heterocycles. The Balaban J connectivity index is 2.02. The Bertz CT molecular complexity index is 481. The molecule has 3 rings (SSSR count). The number of alkyl halides is 3. The smallest absolute Gasteiger partial charge is 0.336 e. The predicted molar refractivity (Wildman–Crippen MR) is 56.7 cm³/mol. The van der Waals surface area contributed by atoms with Crippen LogP contribution in [-0.2, 0) is 6.54 Å². The normalized spacial score (nSPS) is 18.9. The quantitative estimate of drug-likeness (QED) is 0.649. The van der Waals surface area contributed by atoms with Crippen LogP contribution in [-0.4, -0.2) is 35.1 Å². The second kappa shape index (κ2) is 3.38. The third-order valence-electron chi connectivity index (χ3n) is 3.00. The molecule has 1 aromatic carbocycles. The van der Waals surface area contributed by atoms with Crippen LogP contribution in [0.3, 0.4) is 0 Å². The molecule has 0 saturated carbocycles. The number of fused-ring (bicyclic) bond motifs is 2. The lowest BCUT2D eigenvalue weighted by atomic mass is 10.1. The number of nitrogens with zero attached hydrogens (tertiary/aromatic N) is 3. The van der Waals surface area contributed by atoms with Crippen LogP contribution in [0.2, 0.25) is 0 Å². The van der Waals surface area contributed by atoms with Crippen molar-refractivity contribution in [1.29, 1.82) is 0 Å². The molecule has 0 N–H and O–H groups in total. The Hall–Kier alpha value is -1.72. The van der Waals surface area contributed by atoms with Crippen molar-refractivity contribution in [3.63, 3.8) is 0 Å². The minimum atomic E-state index is -4.35. The molecule has 0 radical (unpaired) electrons. The molecule has 0 bridgehead atoms. The lowest BCUT2D eigenvalue weighted by molar-refractivity contribution is -0.214. The van der Waals surface area contributed by atoms with E-state index < -0.39 is 6.30 Å². The van der Waals surface area contributed by atoms with Gasteiger partial charge in [-0.2, -0.15) is 0 Å². The molecule has 1 aromatic rings. The fourth-order valence-electron chi connectivity index (χ4n) is 2.18. The molecule has 1 fully saturated rings. The van der Waals surface area contributed by atoms with Gasteiger partial charge >= 0.3 is 6.30 Å². The highest BCUT2D eigenvalue weighted by atomic mass is 19.4. The zero-order chi connectivity index (χ0) is 12.0.